The Kier molecular flexibility index (Phi) is 8.50. The molecule has 0 aromatic heterocycles. The Morgan fingerprint density at radius 3 is 1.64 bits per heavy atom. The number of rotatable bonds is 5. The Balaban J connectivity index is 0.000000224. The largest absolute Gasteiger partial charge is 0.0991 e. The molecule has 0 saturated heterocycles. The van der Waals surface area contributed by atoms with Crippen molar-refractivity contribution in [2.24, 2.45) is 0 Å². The second-order valence-corrected chi connectivity index (χ2v) is 4.47. The molecule has 0 radical (unpaired) electrons. The molecule has 0 spiro atoms. The molecule has 0 unspecified atom stereocenters. The quantitative estimate of drug-likeness (QED) is 0.563. The van der Waals surface area contributed by atoms with E-state index < -0.39 is 0 Å². The first-order chi connectivity index (χ1) is 10.8. The van der Waals surface area contributed by atoms with Crippen LogP contribution in [0.2, 0.25) is 0 Å². The van der Waals surface area contributed by atoms with Crippen molar-refractivity contribution in [3.8, 4) is 0 Å². The minimum atomic E-state index is 1.04. The van der Waals surface area contributed by atoms with Gasteiger partial charge in [-0.15, -0.1) is 0 Å². The predicted molar refractivity (Wildman–Crippen MR) is 100 cm³/mol. The molecule has 0 aliphatic carbocycles. The molecule has 0 heteroatoms. The first-order valence-electron chi connectivity index (χ1n) is 7.16. The van der Waals surface area contributed by atoms with Gasteiger partial charge in [0, 0.05) is 0 Å². The van der Waals surface area contributed by atoms with Crippen LogP contribution in [0.15, 0.2) is 110 Å². The van der Waals surface area contributed by atoms with E-state index in [1.54, 1.807) is 18.2 Å². The molecule has 0 saturated carbocycles. The van der Waals surface area contributed by atoms with E-state index >= 15 is 0 Å². The second-order valence-electron chi connectivity index (χ2n) is 4.47. The van der Waals surface area contributed by atoms with E-state index in [-0.39, 0.29) is 0 Å². The summed E-state index contributed by atoms with van der Waals surface area (Å²) < 4.78 is 0. The van der Waals surface area contributed by atoms with Gasteiger partial charge in [0.25, 0.3) is 0 Å². The van der Waals surface area contributed by atoms with E-state index in [1.807, 2.05) is 66.8 Å². The zero-order valence-electron chi connectivity index (χ0n) is 12.9. The molecule has 0 atom stereocenters. The molecule has 0 fully saturated rings. The fourth-order valence-corrected chi connectivity index (χ4v) is 1.69. The summed E-state index contributed by atoms with van der Waals surface area (Å²) in [5, 5.41) is 0. The van der Waals surface area contributed by atoms with Crippen LogP contribution in [0.4, 0.5) is 0 Å². The van der Waals surface area contributed by atoms with Crippen molar-refractivity contribution in [1.29, 1.82) is 0 Å². The zero-order chi connectivity index (χ0) is 16.0. The van der Waals surface area contributed by atoms with Gasteiger partial charge in [-0.1, -0.05) is 111 Å². The van der Waals surface area contributed by atoms with E-state index in [2.05, 4.69) is 31.9 Å². The van der Waals surface area contributed by atoms with Crippen LogP contribution in [0, 0.1) is 0 Å². The lowest BCUT2D eigenvalue weighted by Crippen LogP contribution is -1.72. The summed E-state index contributed by atoms with van der Waals surface area (Å²) >= 11 is 0. The van der Waals surface area contributed by atoms with Crippen molar-refractivity contribution in [2.45, 2.75) is 0 Å². The van der Waals surface area contributed by atoms with E-state index in [1.165, 1.54) is 11.1 Å². The van der Waals surface area contributed by atoms with Gasteiger partial charge in [0.05, 0.1) is 0 Å². The molecule has 22 heavy (non-hydrogen) atoms. The van der Waals surface area contributed by atoms with Crippen molar-refractivity contribution in [3.63, 3.8) is 0 Å². The molecule has 0 amide bonds. The lowest BCUT2D eigenvalue weighted by Gasteiger charge is -1.93. The van der Waals surface area contributed by atoms with Gasteiger partial charge in [-0.2, -0.15) is 0 Å². The standard InChI is InChI=1S/C12H12.C10H10/c1-3-11(4-2)10-12-8-6-5-7-9-12;1-2-3-7-10-8-5-4-6-9-10/h3-10H,1-2H2;2-9H,1H2. The summed E-state index contributed by atoms with van der Waals surface area (Å²) in [6.07, 6.45) is 11.3. The predicted octanol–water partition coefficient (Wildman–Crippen LogP) is 6.33. The highest BCUT2D eigenvalue weighted by Gasteiger charge is 1.85. The SMILES string of the molecule is C=CC(C=C)=Cc1ccccc1.C=CC=Cc1ccccc1. The minimum absolute atomic E-state index is 1.04. The zero-order valence-corrected chi connectivity index (χ0v) is 12.9. The maximum Gasteiger partial charge on any atom is -0.0251 e. The molecule has 0 nitrogen and oxygen atoms in total. The van der Waals surface area contributed by atoms with Gasteiger partial charge in [-0.05, 0) is 22.8 Å². The molecule has 0 N–H and O–H groups in total. The molecule has 0 aliphatic heterocycles. The topological polar surface area (TPSA) is 0 Å². The average Bonchev–Trinajstić information content (AvgIpc) is 2.60. The highest BCUT2D eigenvalue weighted by atomic mass is 13.9. The summed E-state index contributed by atoms with van der Waals surface area (Å²) in [6, 6.07) is 20.3. The third kappa shape index (κ3) is 7.06. The Morgan fingerprint density at radius 1 is 0.682 bits per heavy atom. The van der Waals surface area contributed by atoms with Crippen LogP contribution in [0.3, 0.4) is 0 Å². The van der Waals surface area contributed by atoms with E-state index in [0.717, 1.165) is 5.57 Å². The third-order valence-corrected chi connectivity index (χ3v) is 2.83. The van der Waals surface area contributed by atoms with Crippen LogP contribution in [-0.2, 0) is 0 Å². The van der Waals surface area contributed by atoms with Gasteiger partial charge in [-0.3, -0.25) is 0 Å². The summed E-state index contributed by atoms with van der Waals surface area (Å²) in [4.78, 5) is 0. The lowest BCUT2D eigenvalue weighted by atomic mass is 10.1. The van der Waals surface area contributed by atoms with Crippen molar-refractivity contribution in [3.05, 3.63) is 121 Å². The van der Waals surface area contributed by atoms with Crippen LogP contribution in [0.25, 0.3) is 12.2 Å². The summed E-state index contributed by atoms with van der Waals surface area (Å²) in [5.74, 6) is 0. The maximum absolute atomic E-state index is 3.69. The van der Waals surface area contributed by atoms with Gasteiger partial charge >= 0.3 is 0 Å². The first-order valence-corrected chi connectivity index (χ1v) is 7.16. The van der Waals surface area contributed by atoms with Gasteiger partial charge in [0.2, 0.25) is 0 Å². The van der Waals surface area contributed by atoms with Crippen molar-refractivity contribution in [2.75, 3.05) is 0 Å². The summed E-state index contributed by atoms with van der Waals surface area (Å²) in [7, 11) is 0. The molecule has 2 aromatic carbocycles. The number of benzene rings is 2. The van der Waals surface area contributed by atoms with Crippen LogP contribution in [0.5, 0.6) is 0 Å². The van der Waals surface area contributed by atoms with Crippen LogP contribution in [0.1, 0.15) is 11.1 Å². The Hall–Kier alpha value is -2.86. The molecular formula is C22H22. The molecule has 0 heterocycles. The van der Waals surface area contributed by atoms with Crippen LogP contribution < -0.4 is 0 Å². The second kappa shape index (κ2) is 10.9. The highest BCUT2D eigenvalue weighted by molar-refractivity contribution is 5.58. The van der Waals surface area contributed by atoms with Crippen molar-refractivity contribution in [1.82, 2.24) is 0 Å². The van der Waals surface area contributed by atoms with Gasteiger partial charge in [-0.25, -0.2) is 0 Å². The third-order valence-electron chi connectivity index (χ3n) is 2.83. The van der Waals surface area contributed by atoms with E-state index in [0.29, 0.717) is 0 Å². The Bertz CT molecular complexity index is 618. The highest BCUT2D eigenvalue weighted by Crippen LogP contribution is 2.07. The fourth-order valence-electron chi connectivity index (χ4n) is 1.69. The minimum Gasteiger partial charge on any atom is -0.0991 e. The normalized spacial score (nSPS) is 9.27. The van der Waals surface area contributed by atoms with Gasteiger partial charge in [0.15, 0.2) is 0 Å². The fraction of sp³-hybridized carbons (Fsp3) is 0. The smallest absolute Gasteiger partial charge is 0.0251 e. The molecule has 110 valence electrons. The lowest BCUT2D eigenvalue weighted by molar-refractivity contribution is 1.64. The maximum atomic E-state index is 3.69. The number of hydrogen-bond donors (Lipinski definition) is 0. The first kappa shape index (κ1) is 17.2. The average molecular weight is 286 g/mol. The summed E-state index contributed by atoms with van der Waals surface area (Å²) in [5.41, 5.74) is 3.43. The molecule has 2 aromatic rings. The van der Waals surface area contributed by atoms with Crippen molar-refractivity contribution >= 4 is 12.2 Å². The summed E-state index contributed by atoms with van der Waals surface area (Å²) in [6.45, 7) is 11.0. The molecule has 2 rings (SSSR count). The monoisotopic (exact) mass is 286 g/mol. The Labute approximate surface area is 134 Å². The number of hydrogen-bond acceptors (Lipinski definition) is 0. The van der Waals surface area contributed by atoms with E-state index in [9.17, 15) is 0 Å². The van der Waals surface area contributed by atoms with E-state index in [4.69, 9.17) is 0 Å². The van der Waals surface area contributed by atoms with Gasteiger partial charge in [0.1, 0.15) is 0 Å². The molecule has 0 bridgehead atoms. The van der Waals surface area contributed by atoms with Crippen LogP contribution in [-0.4, -0.2) is 0 Å². The Morgan fingerprint density at radius 2 is 1.18 bits per heavy atom. The van der Waals surface area contributed by atoms with Crippen LogP contribution >= 0.6 is 0 Å². The number of allylic oxidation sites excluding steroid dienone is 5. The molecule has 0 aliphatic rings. The molecular weight excluding hydrogens is 264 g/mol. The van der Waals surface area contributed by atoms with Crippen molar-refractivity contribution < 1.29 is 0 Å². The van der Waals surface area contributed by atoms with Gasteiger partial charge < -0.3 is 0 Å².